The van der Waals surface area contributed by atoms with E-state index in [0.29, 0.717) is 12.3 Å². The van der Waals surface area contributed by atoms with Gasteiger partial charge in [-0.1, -0.05) is 25.4 Å². The van der Waals surface area contributed by atoms with E-state index in [1.807, 2.05) is 13.8 Å². The third kappa shape index (κ3) is 5.15. The van der Waals surface area contributed by atoms with Gasteiger partial charge in [-0.15, -0.1) is 0 Å². The zero-order valence-corrected chi connectivity index (χ0v) is 21.4. The van der Waals surface area contributed by atoms with Crippen LogP contribution in [-0.4, -0.2) is 65.7 Å². The lowest BCUT2D eigenvalue weighted by atomic mass is 9.95. The average Bonchev–Trinajstić information content (AvgIpc) is 3.53. The van der Waals surface area contributed by atoms with Crippen LogP contribution >= 0.6 is 11.6 Å². The van der Waals surface area contributed by atoms with Crippen molar-refractivity contribution >= 4 is 41.0 Å². The number of nitrogens with one attached hydrogen (secondary N) is 2. The van der Waals surface area contributed by atoms with Crippen LogP contribution in [-0.2, 0) is 23.9 Å². The smallest absolute Gasteiger partial charge is 0.310 e. The second-order valence-corrected chi connectivity index (χ2v) is 10.4. The number of benzene rings is 1. The van der Waals surface area contributed by atoms with E-state index in [2.05, 4.69) is 10.6 Å². The van der Waals surface area contributed by atoms with Crippen LogP contribution in [0.15, 0.2) is 18.2 Å². The molecule has 3 aliphatic rings. The number of carbonyl (C=O) groups is 4. The van der Waals surface area contributed by atoms with Gasteiger partial charge in [0.15, 0.2) is 0 Å². The lowest BCUT2D eigenvalue weighted by Gasteiger charge is -2.38. The first-order chi connectivity index (χ1) is 17.1. The van der Waals surface area contributed by atoms with Gasteiger partial charge in [0, 0.05) is 18.2 Å². The van der Waals surface area contributed by atoms with Gasteiger partial charge in [0.2, 0.25) is 18.1 Å². The summed E-state index contributed by atoms with van der Waals surface area (Å²) in [4.78, 5) is 53.6. The Labute approximate surface area is 215 Å². The Hall–Kier alpha value is -2.85. The molecule has 3 fully saturated rings. The molecule has 11 heteroatoms. The summed E-state index contributed by atoms with van der Waals surface area (Å²) in [5.41, 5.74) is 6.39. The number of likely N-dealkylation sites (tertiary alicyclic amines) is 1. The topological polar surface area (TPSA) is 140 Å². The second-order valence-electron chi connectivity index (χ2n) is 9.98. The highest BCUT2D eigenvalue weighted by molar-refractivity contribution is 6.33. The minimum absolute atomic E-state index is 0.0139. The van der Waals surface area contributed by atoms with Gasteiger partial charge in [-0.25, -0.2) is 0 Å². The SMILES string of the molecule is CCO[C@@H]1OC(=O)CC1NC(=O)C1[C@H]2CCC(C2)N1C(=O)C(NC(=O)c1ccc(N)c(Cl)c1)C(C)C. The van der Waals surface area contributed by atoms with Crippen molar-refractivity contribution < 1.29 is 28.7 Å². The lowest BCUT2D eigenvalue weighted by molar-refractivity contribution is -0.165. The van der Waals surface area contributed by atoms with Gasteiger partial charge in [0.1, 0.15) is 18.1 Å². The third-order valence-electron chi connectivity index (χ3n) is 7.21. The number of hydrogen-bond acceptors (Lipinski definition) is 7. The molecule has 2 saturated heterocycles. The van der Waals surface area contributed by atoms with Crippen molar-refractivity contribution in [2.45, 2.75) is 76.9 Å². The molecule has 4 N–H and O–H groups in total. The minimum Gasteiger partial charge on any atom is -0.433 e. The predicted molar refractivity (Wildman–Crippen MR) is 132 cm³/mol. The molecule has 4 unspecified atom stereocenters. The summed E-state index contributed by atoms with van der Waals surface area (Å²) >= 11 is 6.07. The molecule has 1 aliphatic carbocycles. The summed E-state index contributed by atoms with van der Waals surface area (Å²) in [6, 6.07) is 2.34. The first-order valence-electron chi connectivity index (χ1n) is 12.4. The van der Waals surface area contributed by atoms with Crippen LogP contribution in [0.2, 0.25) is 5.02 Å². The number of piperidine rings is 1. The molecule has 1 aromatic rings. The molecule has 2 bridgehead atoms. The largest absolute Gasteiger partial charge is 0.433 e. The summed E-state index contributed by atoms with van der Waals surface area (Å²) in [6.45, 7) is 5.80. The molecule has 10 nitrogen and oxygen atoms in total. The number of ether oxygens (including phenoxy) is 2. The molecule has 1 saturated carbocycles. The molecule has 1 aromatic carbocycles. The Morgan fingerprint density at radius 3 is 2.69 bits per heavy atom. The quantitative estimate of drug-likeness (QED) is 0.351. The second kappa shape index (κ2) is 10.6. The number of cyclic esters (lactones) is 1. The highest BCUT2D eigenvalue weighted by Gasteiger charge is 2.53. The summed E-state index contributed by atoms with van der Waals surface area (Å²) in [6.07, 6.45) is 1.54. The Bertz CT molecular complexity index is 1050. The maximum atomic E-state index is 13.8. The van der Waals surface area contributed by atoms with Gasteiger partial charge in [0.25, 0.3) is 5.91 Å². The van der Waals surface area contributed by atoms with Crippen LogP contribution in [0.4, 0.5) is 5.69 Å². The number of rotatable bonds is 8. The third-order valence-corrected chi connectivity index (χ3v) is 7.54. The maximum Gasteiger partial charge on any atom is 0.310 e. The van der Waals surface area contributed by atoms with E-state index >= 15 is 0 Å². The molecule has 0 spiro atoms. The fourth-order valence-electron chi connectivity index (χ4n) is 5.45. The van der Waals surface area contributed by atoms with E-state index in [9.17, 15) is 19.2 Å². The van der Waals surface area contributed by atoms with Crippen LogP contribution in [0.3, 0.4) is 0 Å². The van der Waals surface area contributed by atoms with Gasteiger partial charge < -0.3 is 30.7 Å². The van der Waals surface area contributed by atoms with Crippen molar-refractivity contribution in [3.05, 3.63) is 28.8 Å². The highest BCUT2D eigenvalue weighted by Crippen LogP contribution is 2.43. The number of nitrogens with zero attached hydrogens (tertiary/aromatic N) is 1. The summed E-state index contributed by atoms with van der Waals surface area (Å²) in [7, 11) is 0. The van der Waals surface area contributed by atoms with Crippen molar-refractivity contribution in [2.75, 3.05) is 12.3 Å². The monoisotopic (exact) mass is 520 g/mol. The molecule has 4 rings (SSSR count). The number of nitrogens with two attached hydrogens (primary N) is 1. The van der Waals surface area contributed by atoms with Gasteiger partial charge in [-0.3, -0.25) is 19.2 Å². The molecule has 36 heavy (non-hydrogen) atoms. The minimum atomic E-state index is -0.844. The molecule has 0 aromatic heterocycles. The van der Waals surface area contributed by atoms with Crippen LogP contribution in [0.25, 0.3) is 0 Å². The van der Waals surface area contributed by atoms with Crippen LogP contribution < -0.4 is 16.4 Å². The molecular weight excluding hydrogens is 488 g/mol. The summed E-state index contributed by atoms with van der Waals surface area (Å²) in [5.74, 6) is -1.73. The van der Waals surface area contributed by atoms with Gasteiger partial charge in [-0.2, -0.15) is 0 Å². The Morgan fingerprint density at radius 2 is 2.03 bits per heavy atom. The van der Waals surface area contributed by atoms with Crippen LogP contribution in [0.5, 0.6) is 0 Å². The number of carbonyl (C=O) groups excluding carboxylic acids is 4. The van der Waals surface area contributed by atoms with Gasteiger partial charge in [-0.05, 0) is 56.2 Å². The first kappa shape index (κ1) is 26.2. The lowest BCUT2D eigenvalue weighted by Crippen LogP contribution is -2.60. The zero-order valence-electron chi connectivity index (χ0n) is 20.7. The van der Waals surface area contributed by atoms with E-state index in [0.717, 1.165) is 19.3 Å². The van der Waals surface area contributed by atoms with Crippen LogP contribution in [0.1, 0.15) is 56.8 Å². The Kier molecular flexibility index (Phi) is 7.75. The number of anilines is 1. The van der Waals surface area contributed by atoms with Crippen molar-refractivity contribution in [3.8, 4) is 0 Å². The van der Waals surface area contributed by atoms with E-state index < -0.39 is 36.3 Å². The van der Waals surface area contributed by atoms with Crippen molar-refractivity contribution in [1.82, 2.24) is 15.5 Å². The Morgan fingerprint density at radius 1 is 1.28 bits per heavy atom. The van der Waals surface area contributed by atoms with E-state index in [1.165, 1.54) is 12.1 Å². The number of amides is 3. The van der Waals surface area contributed by atoms with E-state index in [-0.39, 0.29) is 46.7 Å². The maximum absolute atomic E-state index is 13.8. The van der Waals surface area contributed by atoms with Gasteiger partial charge in [0.05, 0.1) is 17.1 Å². The van der Waals surface area contributed by atoms with Gasteiger partial charge >= 0.3 is 5.97 Å². The van der Waals surface area contributed by atoms with E-state index in [4.69, 9.17) is 26.8 Å². The fraction of sp³-hybridized carbons (Fsp3) is 0.600. The number of halogens is 1. The first-order valence-corrected chi connectivity index (χ1v) is 12.8. The van der Waals surface area contributed by atoms with Crippen molar-refractivity contribution in [2.24, 2.45) is 11.8 Å². The standard InChI is InChI=1S/C25H33ClN4O6/c1-4-35-25-18(11-19(31)36-25)28-23(33)21-13-5-7-15(9-13)30(21)24(34)20(12(2)3)29-22(32)14-6-8-17(27)16(26)10-14/h6,8,10,12-13,15,18,20-21,25H,4-5,7,9,11,27H2,1-3H3,(H,28,33)(H,29,32)/t13-,15?,18?,20?,21?,25+/m0/s1. The number of esters is 1. The fourth-order valence-corrected chi connectivity index (χ4v) is 5.63. The highest BCUT2D eigenvalue weighted by atomic mass is 35.5. The molecular formula is C25H33ClN4O6. The predicted octanol–water partition coefficient (Wildman–Crippen LogP) is 1.85. The normalized spacial score (nSPS) is 27.8. The number of hydrogen-bond donors (Lipinski definition) is 3. The van der Waals surface area contributed by atoms with Crippen molar-refractivity contribution in [3.63, 3.8) is 0 Å². The molecule has 3 amide bonds. The zero-order chi connectivity index (χ0) is 26.1. The molecule has 196 valence electrons. The number of nitrogen functional groups attached to an aromatic ring is 1. The summed E-state index contributed by atoms with van der Waals surface area (Å²) in [5, 5.41) is 5.97. The molecule has 6 atom stereocenters. The Balaban J connectivity index is 1.51. The van der Waals surface area contributed by atoms with Crippen LogP contribution in [0, 0.1) is 11.8 Å². The molecule has 2 heterocycles. The van der Waals surface area contributed by atoms with Crippen molar-refractivity contribution in [1.29, 1.82) is 0 Å². The molecule has 2 aliphatic heterocycles. The summed E-state index contributed by atoms with van der Waals surface area (Å²) < 4.78 is 10.6. The molecule has 0 radical (unpaired) electrons. The number of fused-ring (bicyclic) bond motifs is 2. The van der Waals surface area contributed by atoms with E-state index in [1.54, 1.807) is 17.9 Å². The average molecular weight is 521 g/mol.